The summed E-state index contributed by atoms with van der Waals surface area (Å²) in [5.74, 6) is 7.15. The molecule has 0 amide bonds. The van der Waals surface area contributed by atoms with Gasteiger partial charge in [-0.2, -0.15) is 27.2 Å². The minimum Gasteiger partial charge on any atom is -0.323 e. The van der Waals surface area contributed by atoms with Crippen molar-refractivity contribution in [1.29, 1.82) is 0 Å². The number of rotatable bonds is 0. The zero-order valence-electron chi connectivity index (χ0n) is 28.2. The summed E-state index contributed by atoms with van der Waals surface area (Å²) in [5, 5.41) is 33.7. The average molecular weight is 673 g/mol. The molecule has 5 heterocycles. The van der Waals surface area contributed by atoms with Gasteiger partial charge in [-0.1, -0.05) is 51.4 Å². The van der Waals surface area contributed by atoms with Gasteiger partial charge in [0.05, 0.1) is 43.2 Å². The van der Waals surface area contributed by atoms with Crippen molar-refractivity contribution in [3.63, 3.8) is 0 Å². The molecule has 8 bridgehead atoms. The van der Waals surface area contributed by atoms with Crippen molar-refractivity contribution in [2.45, 2.75) is 166 Å². The Morgan fingerprint density at radius 2 is 0.622 bits per heavy atom. The number of nitrogens with one attached hydrogen (secondary N) is 8. The van der Waals surface area contributed by atoms with Gasteiger partial charge in [0, 0.05) is 6.17 Å². The van der Waals surface area contributed by atoms with Crippen LogP contribution in [0.25, 0.3) is 0 Å². The molecular weight excluding hydrogens is 608 g/mol. The second-order valence-electron chi connectivity index (χ2n) is 16.9. The van der Waals surface area contributed by atoms with Crippen LogP contribution in [0.2, 0.25) is 0 Å². The minimum absolute atomic E-state index is 0. The quantitative estimate of drug-likeness (QED) is 0.145. The molecule has 0 aromatic carbocycles. The van der Waals surface area contributed by atoms with Crippen LogP contribution in [0.4, 0.5) is 0 Å². The Bertz CT molecular complexity index is 759. The van der Waals surface area contributed by atoms with Gasteiger partial charge in [-0.05, 0) is 80.0 Å². The summed E-state index contributed by atoms with van der Waals surface area (Å²) in [6.07, 6.45) is 26.4. The molecule has 5 saturated heterocycles. The normalized spacial score (nSPS) is 52.0. The number of hydrogen-bond donors (Lipinski definition) is 8. The van der Waals surface area contributed by atoms with Crippen molar-refractivity contribution in [2.75, 3.05) is 0 Å². The first-order valence-electron chi connectivity index (χ1n) is 19.2. The zero-order valence-corrected chi connectivity index (χ0v) is 29.2. The van der Waals surface area contributed by atoms with E-state index in [-0.39, 0.29) is 17.1 Å². The van der Waals surface area contributed by atoms with Crippen LogP contribution in [0.15, 0.2) is 0 Å². The van der Waals surface area contributed by atoms with Gasteiger partial charge in [0.15, 0.2) is 0 Å². The third-order valence-electron chi connectivity index (χ3n) is 13.6. The van der Waals surface area contributed by atoms with Crippen molar-refractivity contribution < 1.29 is 17.1 Å². The summed E-state index contributed by atoms with van der Waals surface area (Å²) in [4.78, 5) is 0. The smallest absolute Gasteiger partial charge is 0.323 e. The molecule has 8 N–H and O–H groups in total. The first-order chi connectivity index (χ1) is 21.5. The van der Waals surface area contributed by atoms with Crippen molar-refractivity contribution >= 4 is 0 Å². The minimum atomic E-state index is 0. The molecule has 1 radical (unpaired) electrons. The molecule has 259 valence electrons. The summed E-state index contributed by atoms with van der Waals surface area (Å²) < 4.78 is 0. The summed E-state index contributed by atoms with van der Waals surface area (Å²) in [6.45, 7) is 6.25. The van der Waals surface area contributed by atoms with Crippen LogP contribution in [0, 0.1) is 59.7 Å². The van der Waals surface area contributed by atoms with E-state index in [9.17, 15) is 0 Å². The molecule has 4 saturated carbocycles. The van der Waals surface area contributed by atoms with Gasteiger partial charge in [-0.25, -0.2) is 0 Å². The van der Waals surface area contributed by atoms with E-state index in [1.165, 1.54) is 102 Å². The summed E-state index contributed by atoms with van der Waals surface area (Å²) in [5.41, 5.74) is 0. The maximum absolute atomic E-state index is 4.25. The van der Waals surface area contributed by atoms with E-state index in [2.05, 4.69) is 69.7 Å². The Balaban J connectivity index is 0.000000617. The van der Waals surface area contributed by atoms with Gasteiger partial charge in [0.1, 0.15) is 0 Å². The van der Waals surface area contributed by atoms with Gasteiger partial charge in [-0.3, -0.25) is 42.5 Å². The van der Waals surface area contributed by atoms with Crippen LogP contribution >= 0.6 is 0 Å². The van der Waals surface area contributed by atoms with E-state index in [0.717, 1.165) is 35.5 Å². The molecule has 8 nitrogen and oxygen atoms in total. The Hall–Kier alpha value is 0.199. The van der Waals surface area contributed by atoms with E-state index in [0.29, 0.717) is 61.2 Å². The predicted octanol–water partition coefficient (Wildman–Crippen LogP) is 4.04. The van der Waals surface area contributed by atoms with Gasteiger partial charge in [-0.15, -0.1) is 5.92 Å². The average Bonchev–Trinajstić information content (AvgIpc) is 3.76. The van der Waals surface area contributed by atoms with Crippen molar-refractivity contribution in [3.8, 4) is 0 Å². The molecule has 9 rings (SSSR count). The first kappa shape index (κ1) is 33.7. The molecule has 9 heteroatoms. The number of fused-ring (bicyclic) bond motifs is 20. The molecule has 16 atom stereocenters. The van der Waals surface area contributed by atoms with Crippen molar-refractivity contribution in [1.82, 2.24) is 42.5 Å². The topological polar surface area (TPSA) is 96.2 Å². The van der Waals surface area contributed by atoms with Crippen LogP contribution in [0.3, 0.4) is 0 Å². The van der Waals surface area contributed by atoms with Gasteiger partial charge in [0.2, 0.25) is 0 Å². The largest absolute Gasteiger partial charge is 2.00 e. The molecule has 9 aliphatic rings. The molecule has 0 aromatic rings. The second-order valence-corrected chi connectivity index (χ2v) is 16.9. The molecule has 4 aliphatic carbocycles. The van der Waals surface area contributed by atoms with E-state index in [4.69, 9.17) is 0 Å². The van der Waals surface area contributed by atoms with Gasteiger partial charge >= 0.3 is 17.1 Å². The fourth-order valence-electron chi connectivity index (χ4n) is 11.7. The molecule has 16 unspecified atom stereocenters. The third-order valence-corrected chi connectivity index (χ3v) is 13.6. The van der Waals surface area contributed by atoms with Crippen LogP contribution in [0.5, 0.6) is 0 Å². The molecule has 0 aromatic heterocycles. The van der Waals surface area contributed by atoms with Gasteiger partial charge in [0.25, 0.3) is 0 Å². The van der Waals surface area contributed by atoms with Crippen molar-refractivity contribution in [3.05, 3.63) is 12.3 Å². The standard InChI is InChI=1S/C32H55N8.C4H9.Cu/c1-2-10-18-17(9-1)25-33-26(18)38-28-21-13-5-6-14-22(21)30(35-28)40-32-24-16-8-7-15-23(24)31(36-32)39-29-20-12-4-3-11-19(20)27(34-29)37-25;1-4(2)3;/h9,17-40H,1-8,10-16H2;1-3H3;/q2*-1;+2. The summed E-state index contributed by atoms with van der Waals surface area (Å²) in [7, 11) is 0. The molecular formula is C36H64CuN8. The maximum atomic E-state index is 4.25. The Labute approximate surface area is 284 Å². The van der Waals surface area contributed by atoms with Crippen LogP contribution in [-0.2, 0) is 17.1 Å². The summed E-state index contributed by atoms with van der Waals surface area (Å²) in [6, 6.07) is 0. The fraction of sp³-hybridized carbons (Fsp3) is 0.944. The molecule has 0 spiro atoms. The maximum Gasteiger partial charge on any atom is 2.00 e. The van der Waals surface area contributed by atoms with Crippen LogP contribution in [0.1, 0.15) is 117 Å². The Kier molecular flexibility index (Phi) is 10.9. The first-order valence-corrected chi connectivity index (χ1v) is 19.2. The second kappa shape index (κ2) is 14.6. The molecule has 5 aliphatic heterocycles. The van der Waals surface area contributed by atoms with E-state index < -0.39 is 0 Å². The van der Waals surface area contributed by atoms with Crippen molar-refractivity contribution in [2.24, 2.45) is 47.3 Å². The van der Waals surface area contributed by atoms with E-state index >= 15 is 0 Å². The monoisotopic (exact) mass is 671 g/mol. The molecule has 9 fully saturated rings. The fourth-order valence-corrected chi connectivity index (χ4v) is 11.7. The Morgan fingerprint density at radius 3 is 0.933 bits per heavy atom. The van der Waals surface area contributed by atoms with E-state index in [1.54, 1.807) is 0 Å². The van der Waals surface area contributed by atoms with Crippen LogP contribution in [-0.4, -0.2) is 49.3 Å². The third kappa shape index (κ3) is 6.72. The SMILES string of the molecule is C[C-](C)C.[CH-]1CCCC2C3NC(NC4NC(NC5NC(NC6NC(N3)C3CCCCC63)C3CCCCC53)C3CCCCC43)C12.[Cu+2]. The molecule has 45 heavy (non-hydrogen) atoms. The van der Waals surface area contributed by atoms with Gasteiger partial charge < -0.3 is 12.3 Å². The predicted molar refractivity (Wildman–Crippen MR) is 177 cm³/mol. The van der Waals surface area contributed by atoms with E-state index in [1.807, 2.05) is 0 Å². The Morgan fingerprint density at radius 1 is 0.378 bits per heavy atom. The zero-order chi connectivity index (χ0) is 29.8. The summed E-state index contributed by atoms with van der Waals surface area (Å²) >= 11 is 0. The number of hydrogen-bond acceptors (Lipinski definition) is 8. The van der Waals surface area contributed by atoms with Crippen LogP contribution < -0.4 is 42.5 Å².